The number of ether oxygens (including phenoxy) is 2. The van der Waals surface area contributed by atoms with Crippen LogP contribution in [0.5, 0.6) is 11.5 Å². The number of hydrazine groups is 1. The standard InChI is InChI=1S/C22H28N2O4/c1-15(2)11-12-27-20-8-6-5-7-18(20)22(26)24-23-21(25)14-28-19-10-9-16(3)13-17(19)4/h5-10,13,15H,11-12,14H2,1-4H3,(H,23,25)(H,24,26). The SMILES string of the molecule is Cc1ccc(OCC(=O)NNC(=O)c2ccccc2OCCC(C)C)c(C)c1. The minimum atomic E-state index is -0.452. The zero-order valence-electron chi connectivity index (χ0n) is 16.9. The van der Waals surface area contributed by atoms with E-state index < -0.39 is 11.8 Å². The Morgan fingerprint density at radius 1 is 0.964 bits per heavy atom. The third-order valence-electron chi connectivity index (χ3n) is 4.09. The highest BCUT2D eigenvalue weighted by Gasteiger charge is 2.13. The summed E-state index contributed by atoms with van der Waals surface area (Å²) in [6, 6.07) is 12.6. The highest BCUT2D eigenvalue weighted by atomic mass is 16.5. The van der Waals surface area contributed by atoms with Crippen LogP contribution in [0.2, 0.25) is 0 Å². The summed E-state index contributed by atoms with van der Waals surface area (Å²) in [4.78, 5) is 24.4. The number of aryl methyl sites for hydroxylation is 2. The molecule has 0 saturated heterocycles. The monoisotopic (exact) mass is 384 g/mol. The van der Waals surface area contributed by atoms with Gasteiger partial charge in [0, 0.05) is 0 Å². The normalized spacial score (nSPS) is 10.5. The van der Waals surface area contributed by atoms with Crippen LogP contribution in [0.15, 0.2) is 42.5 Å². The quantitative estimate of drug-likeness (QED) is 0.682. The van der Waals surface area contributed by atoms with E-state index in [1.165, 1.54) is 0 Å². The fourth-order valence-electron chi connectivity index (χ4n) is 2.52. The van der Waals surface area contributed by atoms with Crippen molar-refractivity contribution in [1.82, 2.24) is 10.9 Å². The third kappa shape index (κ3) is 6.61. The van der Waals surface area contributed by atoms with E-state index >= 15 is 0 Å². The lowest BCUT2D eigenvalue weighted by Crippen LogP contribution is -2.44. The fraction of sp³-hybridized carbons (Fsp3) is 0.364. The molecule has 0 heterocycles. The lowest BCUT2D eigenvalue weighted by molar-refractivity contribution is -0.123. The first-order valence-corrected chi connectivity index (χ1v) is 9.38. The smallest absolute Gasteiger partial charge is 0.276 e. The molecular formula is C22H28N2O4. The Balaban J connectivity index is 1.85. The van der Waals surface area contributed by atoms with Gasteiger partial charge in [0.2, 0.25) is 0 Å². The Bertz CT molecular complexity index is 818. The van der Waals surface area contributed by atoms with E-state index in [0.717, 1.165) is 17.5 Å². The van der Waals surface area contributed by atoms with Gasteiger partial charge in [-0.25, -0.2) is 0 Å². The van der Waals surface area contributed by atoms with E-state index in [-0.39, 0.29) is 6.61 Å². The van der Waals surface area contributed by atoms with Crippen LogP contribution in [0.4, 0.5) is 0 Å². The van der Waals surface area contributed by atoms with Gasteiger partial charge in [-0.2, -0.15) is 0 Å². The zero-order chi connectivity index (χ0) is 20.5. The summed E-state index contributed by atoms with van der Waals surface area (Å²) in [5, 5.41) is 0. The number of benzene rings is 2. The predicted molar refractivity (Wildman–Crippen MR) is 108 cm³/mol. The van der Waals surface area contributed by atoms with Crippen molar-refractivity contribution in [3.8, 4) is 11.5 Å². The number of para-hydroxylation sites is 1. The molecular weight excluding hydrogens is 356 g/mol. The Kier molecular flexibility index (Phi) is 7.87. The number of amides is 2. The van der Waals surface area contributed by atoms with Gasteiger partial charge >= 0.3 is 0 Å². The van der Waals surface area contributed by atoms with Crippen molar-refractivity contribution in [2.45, 2.75) is 34.1 Å². The van der Waals surface area contributed by atoms with Gasteiger partial charge in [0.25, 0.3) is 11.8 Å². The lowest BCUT2D eigenvalue weighted by atomic mass is 10.1. The number of rotatable bonds is 8. The maximum Gasteiger partial charge on any atom is 0.276 e. The van der Waals surface area contributed by atoms with E-state index in [2.05, 4.69) is 24.7 Å². The molecule has 150 valence electrons. The van der Waals surface area contributed by atoms with Crippen LogP contribution in [0.3, 0.4) is 0 Å². The highest BCUT2D eigenvalue weighted by Crippen LogP contribution is 2.19. The minimum absolute atomic E-state index is 0.198. The molecule has 2 aromatic carbocycles. The molecule has 0 unspecified atom stereocenters. The molecule has 0 spiro atoms. The topological polar surface area (TPSA) is 76.7 Å². The molecule has 0 radical (unpaired) electrons. The van der Waals surface area contributed by atoms with Crippen LogP contribution in [-0.4, -0.2) is 25.0 Å². The second-order valence-corrected chi connectivity index (χ2v) is 7.09. The van der Waals surface area contributed by atoms with Gasteiger partial charge in [-0.1, -0.05) is 43.7 Å². The molecule has 0 bridgehead atoms. The fourth-order valence-corrected chi connectivity index (χ4v) is 2.52. The van der Waals surface area contributed by atoms with Gasteiger partial charge in [0.1, 0.15) is 11.5 Å². The second kappa shape index (κ2) is 10.3. The average Bonchev–Trinajstić information content (AvgIpc) is 2.65. The molecule has 28 heavy (non-hydrogen) atoms. The van der Waals surface area contributed by atoms with E-state index in [1.54, 1.807) is 24.3 Å². The summed E-state index contributed by atoms with van der Waals surface area (Å²) in [6.07, 6.45) is 0.891. The lowest BCUT2D eigenvalue weighted by Gasteiger charge is -2.13. The van der Waals surface area contributed by atoms with Crippen LogP contribution in [-0.2, 0) is 4.79 Å². The molecule has 0 atom stereocenters. The van der Waals surface area contributed by atoms with Crippen molar-refractivity contribution in [3.63, 3.8) is 0 Å². The second-order valence-electron chi connectivity index (χ2n) is 7.09. The summed E-state index contributed by atoms with van der Waals surface area (Å²) in [6.45, 7) is 8.45. The largest absolute Gasteiger partial charge is 0.493 e. The van der Waals surface area contributed by atoms with Crippen molar-refractivity contribution in [1.29, 1.82) is 0 Å². The number of carbonyl (C=O) groups is 2. The molecule has 0 aromatic heterocycles. The van der Waals surface area contributed by atoms with Crippen molar-refractivity contribution in [3.05, 3.63) is 59.2 Å². The molecule has 2 aromatic rings. The van der Waals surface area contributed by atoms with Crippen LogP contribution in [0.1, 0.15) is 41.8 Å². The van der Waals surface area contributed by atoms with Gasteiger partial charge in [-0.05, 0) is 49.9 Å². The van der Waals surface area contributed by atoms with Crippen LogP contribution in [0.25, 0.3) is 0 Å². The Hall–Kier alpha value is -3.02. The van der Waals surface area contributed by atoms with Gasteiger partial charge < -0.3 is 9.47 Å². The minimum Gasteiger partial charge on any atom is -0.493 e. The highest BCUT2D eigenvalue weighted by molar-refractivity contribution is 5.97. The summed E-state index contributed by atoms with van der Waals surface area (Å²) in [5.74, 6) is 0.737. The first-order chi connectivity index (χ1) is 13.4. The molecule has 0 aliphatic rings. The first-order valence-electron chi connectivity index (χ1n) is 9.38. The molecule has 6 nitrogen and oxygen atoms in total. The molecule has 0 fully saturated rings. The third-order valence-corrected chi connectivity index (χ3v) is 4.09. The van der Waals surface area contributed by atoms with E-state index in [0.29, 0.717) is 29.6 Å². The molecule has 2 amide bonds. The van der Waals surface area contributed by atoms with Crippen molar-refractivity contribution in [2.24, 2.45) is 5.92 Å². The molecule has 6 heteroatoms. The molecule has 2 N–H and O–H groups in total. The maximum absolute atomic E-state index is 12.4. The van der Waals surface area contributed by atoms with Crippen molar-refractivity contribution in [2.75, 3.05) is 13.2 Å². The summed E-state index contributed by atoms with van der Waals surface area (Å²) in [5.41, 5.74) is 7.20. The van der Waals surface area contributed by atoms with Crippen LogP contribution in [0, 0.1) is 19.8 Å². The molecule has 0 aliphatic carbocycles. The number of hydrogen-bond acceptors (Lipinski definition) is 4. The van der Waals surface area contributed by atoms with Gasteiger partial charge in [0.15, 0.2) is 6.61 Å². The van der Waals surface area contributed by atoms with E-state index in [9.17, 15) is 9.59 Å². The summed E-state index contributed by atoms with van der Waals surface area (Å²) < 4.78 is 11.2. The maximum atomic E-state index is 12.4. The molecule has 0 aliphatic heterocycles. The number of carbonyl (C=O) groups excluding carboxylic acids is 2. The van der Waals surface area contributed by atoms with Crippen LogP contribution >= 0.6 is 0 Å². The number of nitrogens with one attached hydrogen (secondary N) is 2. The van der Waals surface area contributed by atoms with Gasteiger partial charge in [-0.15, -0.1) is 0 Å². The zero-order valence-corrected chi connectivity index (χ0v) is 16.9. The van der Waals surface area contributed by atoms with E-state index in [4.69, 9.17) is 9.47 Å². The Morgan fingerprint density at radius 2 is 1.71 bits per heavy atom. The van der Waals surface area contributed by atoms with Crippen molar-refractivity contribution >= 4 is 11.8 Å². The Morgan fingerprint density at radius 3 is 2.43 bits per heavy atom. The average molecular weight is 384 g/mol. The Labute approximate surface area is 166 Å². The first kappa shape index (κ1) is 21.3. The molecule has 2 rings (SSSR count). The number of hydrogen-bond donors (Lipinski definition) is 2. The van der Waals surface area contributed by atoms with Gasteiger partial charge in [0.05, 0.1) is 12.2 Å². The predicted octanol–water partition coefficient (Wildman–Crippen LogP) is 3.57. The van der Waals surface area contributed by atoms with Gasteiger partial charge in [-0.3, -0.25) is 20.4 Å². The molecule has 0 saturated carbocycles. The van der Waals surface area contributed by atoms with E-state index in [1.807, 2.05) is 32.0 Å². The van der Waals surface area contributed by atoms with Crippen molar-refractivity contribution < 1.29 is 19.1 Å². The summed E-state index contributed by atoms with van der Waals surface area (Å²) in [7, 11) is 0. The van der Waals surface area contributed by atoms with Crippen LogP contribution < -0.4 is 20.3 Å². The summed E-state index contributed by atoms with van der Waals surface area (Å²) >= 11 is 0.